The van der Waals surface area contributed by atoms with Gasteiger partial charge in [-0.3, -0.25) is 0 Å². The summed E-state index contributed by atoms with van der Waals surface area (Å²) in [5.74, 6) is -3.43. The van der Waals surface area contributed by atoms with Gasteiger partial charge in [0.15, 0.2) is 11.6 Å². The molecule has 14 heteroatoms. The lowest BCUT2D eigenvalue weighted by molar-refractivity contribution is 0.157. The van der Waals surface area contributed by atoms with Crippen molar-refractivity contribution in [2.24, 2.45) is 5.92 Å². The van der Waals surface area contributed by atoms with E-state index in [1.807, 2.05) is 0 Å². The number of rotatable bonds is 5. The lowest BCUT2D eigenvalue weighted by Crippen LogP contribution is -2.29. The molecule has 6 rings (SSSR count). The van der Waals surface area contributed by atoms with Crippen LogP contribution < -0.4 is 11.1 Å². The van der Waals surface area contributed by atoms with Gasteiger partial charge in [0.1, 0.15) is 44.2 Å². The molecule has 1 aliphatic carbocycles. The molecule has 0 unspecified atom stereocenters. The number of halogens is 4. The van der Waals surface area contributed by atoms with E-state index in [4.69, 9.17) is 5.73 Å². The number of fused-ring (bicyclic) bond motifs is 2. The number of nitrogens with one attached hydrogen (secondary N) is 1. The van der Waals surface area contributed by atoms with Gasteiger partial charge in [0.05, 0.1) is 27.1 Å². The molecule has 0 bridgehead atoms. The van der Waals surface area contributed by atoms with Crippen LogP contribution >= 0.6 is 22.7 Å². The zero-order chi connectivity index (χ0) is 26.7. The first-order chi connectivity index (χ1) is 18.2. The Morgan fingerprint density at radius 3 is 2.08 bits per heavy atom. The van der Waals surface area contributed by atoms with Gasteiger partial charge in [0, 0.05) is 18.7 Å². The van der Waals surface area contributed by atoms with Crippen molar-refractivity contribution < 1.29 is 27.8 Å². The summed E-state index contributed by atoms with van der Waals surface area (Å²) in [4.78, 5) is 17.3. The van der Waals surface area contributed by atoms with Crippen molar-refractivity contribution in [1.29, 1.82) is 0 Å². The number of aliphatic hydroxyl groups excluding tert-OH is 2. The van der Waals surface area contributed by atoms with E-state index < -0.39 is 35.4 Å². The zero-order valence-electron chi connectivity index (χ0n) is 19.3. The van der Waals surface area contributed by atoms with Gasteiger partial charge in [-0.15, -0.1) is 22.7 Å². The Morgan fingerprint density at radius 1 is 0.868 bits per heavy atom. The summed E-state index contributed by atoms with van der Waals surface area (Å²) in [6, 6.07) is 3.21. The number of nitrogens with two attached hydrogens (primary N) is 1. The Morgan fingerprint density at radius 2 is 1.47 bits per heavy atom. The normalized spacial score (nSPS) is 19.6. The van der Waals surface area contributed by atoms with E-state index in [2.05, 4.69) is 25.3 Å². The highest BCUT2D eigenvalue weighted by Crippen LogP contribution is 2.44. The van der Waals surface area contributed by atoms with Gasteiger partial charge in [-0.05, 0) is 30.9 Å². The summed E-state index contributed by atoms with van der Waals surface area (Å²) < 4.78 is 57.2. The van der Waals surface area contributed by atoms with Crippen molar-refractivity contribution in [1.82, 2.24) is 19.9 Å². The molecule has 5 N–H and O–H groups in total. The number of thiazole rings is 2. The maximum atomic E-state index is 14.5. The minimum atomic E-state index is -0.857. The minimum absolute atomic E-state index is 0.0706. The molecule has 8 nitrogen and oxygen atoms in total. The molecule has 0 spiro atoms. The van der Waals surface area contributed by atoms with E-state index >= 15 is 0 Å². The van der Waals surface area contributed by atoms with E-state index in [-0.39, 0.29) is 66.0 Å². The monoisotopic (exact) mass is 562 g/mol. The molecular weight excluding hydrogens is 544 g/mol. The summed E-state index contributed by atoms with van der Waals surface area (Å²) >= 11 is 1.93. The molecule has 3 atom stereocenters. The molecule has 5 aromatic rings. The van der Waals surface area contributed by atoms with Crippen molar-refractivity contribution in [3.8, 4) is 21.3 Å². The molecule has 196 valence electrons. The van der Waals surface area contributed by atoms with Crippen LogP contribution in [0.2, 0.25) is 0 Å². The first-order valence-electron chi connectivity index (χ1n) is 11.4. The largest absolute Gasteiger partial charge is 0.396 e. The van der Waals surface area contributed by atoms with Crippen molar-refractivity contribution in [3.63, 3.8) is 0 Å². The number of anilines is 2. The van der Waals surface area contributed by atoms with Crippen LogP contribution in [-0.4, -0.2) is 48.9 Å². The predicted molar refractivity (Wildman–Crippen MR) is 137 cm³/mol. The lowest BCUT2D eigenvalue weighted by atomic mass is 10.1. The Hall–Kier alpha value is -3.46. The molecule has 0 aliphatic heterocycles. The molecule has 0 saturated heterocycles. The molecule has 3 heterocycles. The van der Waals surface area contributed by atoms with Gasteiger partial charge in [-0.1, -0.05) is 0 Å². The third kappa shape index (κ3) is 4.32. The van der Waals surface area contributed by atoms with Crippen LogP contribution in [-0.2, 0) is 0 Å². The number of nitrogen functional groups attached to an aromatic ring is 1. The molecule has 0 amide bonds. The fourth-order valence-corrected chi connectivity index (χ4v) is 6.71. The highest BCUT2D eigenvalue weighted by atomic mass is 32.1. The fourth-order valence-electron chi connectivity index (χ4n) is 4.66. The number of aromatic nitrogens is 4. The molecule has 3 aromatic heterocycles. The van der Waals surface area contributed by atoms with Crippen LogP contribution in [0.4, 0.5) is 29.3 Å². The summed E-state index contributed by atoms with van der Waals surface area (Å²) in [5, 5.41) is 23.6. The fraction of sp³-hybridized carbons (Fsp3) is 0.250. The molecule has 38 heavy (non-hydrogen) atoms. The quantitative estimate of drug-likeness (QED) is 0.227. The Balaban J connectivity index is 1.58. The SMILES string of the molecule is Nc1nc(N[C@@H]2C[C@H](CO)C[C@H]2O)c(-c2nc3c(F)cc(F)cc3s2)c(-c2nc3c(F)cc(F)cc3s2)n1. The van der Waals surface area contributed by atoms with Gasteiger partial charge in [0.25, 0.3) is 0 Å². The first kappa shape index (κ1) is 24.9. The van der Waals surface area contributed by atoms with E-state index in [0.29, 0.717) is 12.8 Å². The van der Waals surface area contributed by atoms with Crippen LogP contribution in [0.3, 0.4) is 0 Å². The minimum Gasteiger partial charge on any atom is -0.396 e. The number of hydrogen-bond donors (Lipinski definition) is 4. The standard InChI is InChI=1S/C24H18F4N6O2S2/c25-9-3-11(27)18-15(5-9)37-22(31-18)17-20(23-32-19-12(28)4-10(26)6-16(19)38-23)33-24(29)34-21(17)30-13-1-8(7-35)2-14(13)36/h3-6,8,13-14,35-36H,1-2,7H2,(H3,29,30,33,34)/t8-,13+,14+/m0/s1. The predicted octanol–water partition coefficient (Wildman–Crippen LogP) is 4.71. The molecule has 0 radical (unpaired) electrons. The molecule has 2 aromatic carbocycles. The second-order valence-electron chi connectivity index (χ2n) is 9.00. The van der Waals surface area contributed by atoms with Gasteiger partial charge < -0.3 is 21.3 Å². The van der Waals surface area contributed by atoms with Crippen molar-refractivity contribution in [2.75, 3.05) is 17.7 Å². The summed E-state index contributed by atoms with van der Waals surface area (Å²) in [7, 11) is 0. The van der Waals surface area contributed by atoms with E-state index in [9.17, 15) is 27.8 Å². The molecule has 1 fully saturated rings. The zero-order valence-corrected chi connectivity index (χ0v) is 20.9. The topological polar surface area (TPSA) is 130 Å². The van der Waals surface area contributed by atoms with E-state index in [0.717, 1.165) is 46.9 Å². The highest BCUT2D eigenvalue weighted by Gasteiger charge is 2.34. The first-order valence-corrected chi connectivity index (χ1v) is 13.1. The van der Waals surface area contributed by atoms with Crippen LogP contribution in [0.15, 0.2) is 24.3 Å². The average molecular weight is 563 g/mol. The number of hydrogen-bond acceptors (Lipinski definition) is 10. The van der Waals surface area contributed by atoms with Crippen LogP contribution in [0.25, 0.3) is 41.7 Å². The second kappa shape index (κ2) is 9.38. The number of nitrogens with zero attached hydrogens (tertiary/aromatic N) is 4. The van der Waals surface area contributed by atoms with Crippen LogP contribution in [0.1, 0.15) is 12.8 Å². The summed E-state index contributed by atoms with van der Waals surface area (Å²) in [6.45, 7) is -0.101. The Kier molecular flexibility index (Phi) is 6.13. The van der Waals surface area contributed by atoms with E-state index in [1.54, 1.807) is 0 Å². The van der Waals surface area contributed by atoms with E-state index in [1.165, 1.54) is 0 Å². The maximum Gasteiger partial charge on any atom is 0.222 e. The van der Waals surface area contributed by atoms with Gasteiger partial charge in [-0.2, -0.15) is 4.98 Å². The van der Waals surface area contributed by atoms with Gasteiger partial charge in [0.2, 0.25) is 5.95 Å². The smallest absolute Gasteiger partial charge is 0.222 e. The average Bonchev–Trinajstić information content (AvgIpc) is 3.55. The Labute approximate surface area is 219 Å². The summed E-state index contributed by atoms with van der Waals surface area (Å²) in [6.07, 6.45) is -0.00604. The van der Waals surface area contributed by atoms with Gasteiger partial charge >= 0.3 is 0 Å². The number of benzene rings is 2. The third-order valence-corrected chi connectivity index (χ3v) is 8.40. The van der Waals surface area contributed by atoms with Crippen molar-refractivity contribution in [2.45, 2.75) is 25.0 Å². The van der Waals surface area contributed by atoms with Gasteiger partial charge in [-0.25, -0.2) is 32.5 Å². The summed E-state index contributed by atoms with van der Waals surface area (Å²) in [5.41, 5.74) is 6.22. The maximum absolute atomic E-state index is 14.5. The Bertz CT molecular complexity index is 1710. The second-order valence-corrected chi connectivity index (χ2v) is 11.1. The molecular formula is C24H18F4N6O2S2. The van der Waals surface area contributed by atoms with Crippen LogP contribution in [0.5, 0.6) is 0 Å². The van der Waals surface area contributed by atoms with Crippen molar-refractivity contribution in [3.05, 3.63) is 47.5 Å². The van der Waals surface area contributed by atoms with Crippen molar-refractivity contribution >= 4 is 54.9 Å². The third-order valence-electron chi connectivity index (χ3n) is 6.38. The lowest BCUT2D eigenvalue weighted by Gasteiger charge is -2.20. The van der Waals surface area contributed by atoms with Crippen LogP contribution in [0, 0.1) is 29.2 Å². The molecule has 1 saturated carbocycles. The number of aliphatic hydroxyl groups is 2. The molecule has 1 aliphatic rings. The highest BCUT2D eigenvalue weighted by molar-refractivity contribution is 7.22.